The molecule has 2 unspecified atom stereocenters. The van der Waals surface area contributed by atoms with Gasteiger partial charge in [0.2, 0.25) is 23.0 Å². The first kappa shape index (κ1) is 31.7. The zero-order valence-corrected chi connectivity index (χ0v) is 26.0. The standard InChI is InChI=1S/C31H39N5O6S/c1-18(37)35-23-8-6-19-14-27(40-2)29(41-3)30(42-4)28(19)21-7-9-24(26(38)15-22(21)23)36-25(11-13-43-5)31(39)33-12-10-20-16-32-17-34-20/h7,9,14-17,23,25H,6,8,10-13H2,1-5H3,(H,32,34)(H,33,39)(H,35,37)(H,36,38). The maximum Gasteiger partial charge on any atom is 0.242 e. The van der Waals surface area contributed by atoms with Gasteiger partial charge in [0, 0.05) is 37.3 Å². The number of ether oxygens (including phenoxy) is 3. The lowest BCUT2D eigenvalue weighted by molar-refractivity contribution is -0.122. The smallest absolute Gasteiger partial charge is 0.242 e. The number of fused-ring (bicyclic) bond motifs is 3. The van der Waals surface area contributed by atoms with Crippen molar-refractivity contribution in [2.75, 3.05) is 45.2 Å². The van der Waals surface area contributed by atoms with Crippen LogP contribution >= 0.6 is 11.8 Å². The average Bonchev–Trinajstić information content (AvgIpc) is 3.41. The fourth-order valence-corrected chi connectivity index (χ4v) is 5.86. The number of anilines is 1. The molecule has 1 aliphatic carbocycles. The summed E-state index contributed by atoms with van der Waals surface area (Å²) in [6, 6.07) is 5.95. The molecule has 0 aliphatic heterocycles. The van der Waals surface area contributed by atoms with E-state index in [0.717, 1.165) is 28.1 Å². The molecule has 11 nitrogen and oxygen atoms in total. The second-order valence-electron chi connectivity index (χ2n) is 10.2. The number of aromatic amines is 1. The molecule has 1 aromatic heterocycles. The van der Waals surface area contributed by atoms with Crippen LogP contribution in [-0.4, -0.2) is 67.7 Å². The lowest BCUT2D eigenvalue weighted by Crippen LogP contribution is -2.41. The maximum absolute atomic E-state index is 13.7. The highest BCUT2D eigenvalue weighted by Crippen LogP contribution is 2.50. The largest absolute Gasteiger partial charge is 0.493 e. The molecule has 0 saturated heterocycles. The highest BCUT2D eigenvalue weighted by Gasteiger charge is 2.30. The summed E-state index contributed by atoms with van der Waals surface area (Å²) >= 11 is 1.63. The van der Waals surface area contributed by atoms with Crippen molar-refractivity contribution in [3.05, 3.63) is 63.8 Å². The number of aryl methyl sites for hydroxylation is 1. The number of methoxy groups -OCH3 is 3. The molecular formula is C31H39N5O6S. The predicted molar refractivity (Wildman–Crippen MR) is 168 cm³/mol. The Labute approximate surface area is 255 Å². The van der Waals surface area contributed by atoms with E-state index < -0.39 is 12.1 Å². The number of hydrogen-bond donors (Lipinski definition) is 4. The van der Waals surface area contributed by atoms with E-state index in [9.17, 15) is 14.4 Å². The monoisotopic (exact) mass is 609 g/mol. The van der Waals surface area contributed by atoms with Gasteiger partial charge in [-0.2, -0.15) is 11.8 Å². The van der Waals surface area contributed by atoms with Gasteiger partial charge in [-0.1, -0.05) is 6.07 Å². The zero-order chi connectivity index (χ0) is 30.9. The summed E-state index contributed by atoms with van der Waals surface area (Å²) in [6.07, 6.45) is 7.59. The van der Waals surface area contributed by atoms with Gasteiger partial charge < -0.3 is 35.1 Å². The maximum atomic E-state index is 13.7. The van der Waals surface area contributed by atoms with Crippen molar-refractivity contribution in [3.63, 3.8) is 0 Å². The Morgan fingerprint density at radius 2 is 1.93 bits per heavy atom. The van der Waals surface area contributed by atoms with Crippen molar-refractivity contribution >= 4 is 29.3 Å². The van der Waals surface area contributed by atoms with Gasteiger partial charge in [-0.15, -0.1) is 0 Å². The first-order chi connectivity index (χ1) is 20.8. The number of carbonyl (C=O) groups excluding carboxylic acids is 2. The molecule has 0 spiro atoms. The first-order valence-corrected chi connectivity index (χ1v) is 15.5. The molecule has 0 fully saturated rings. The molecule has 2 amide bonds. The fourth-order valence-electron chi connectivity index (χ4n) is 5.38. The topological polar surface area (TPSA) is 144 Å². The Hall–Kier alpha value is -4.19. The van der Waals surface area contributed by atoms with E-state index in [2.05, 4.69) is 25.9 Å². The number of H-pyrrole nitrogens is 1. The van der Waals surface area contributed by atoms with Crippen LogP contribution in [0.25, 0.3) is 11.1 Å². The third-order valence-corrected chi connectivity index (χ3v) is 8.07. The molecule has 4 rings (SSSR count). The van der Waals surface area contributed by atoms with Crippen molar-refractivity contribution in [1.29, 1.82) is 0 Å². The normalized spacial score (nSPS) is 14.4. The van der Waals surface area contributed by atoms with Crippen LogP contribution in [0.5, 0.6) is 17.2 Å². The number of hydrogen-bond acceptors (Lipinski definition) is 9. The number of thioether (sulfide) groups is 1. The molecule has 0 bridgehead atoms. The van der Waals surface area contributed by atoms with Crippen molar-refractivity contribution < 1.29 is 23.8 Å². The van der Waals surface area contributed by atoms with Gasteiger partial charge in [0.1, 0.15) is 6.04 Å². The van der Waals surface area contributed by atoms with E-state index in [4.69, 9.17) is 14.2 Å². The van der Waals surface area contributed by atoms with E-state index in [0.29, 0.717) is 55.0 Å². The van der Waals surface area contributed by atoms with E-state index in [1.165, 1.54) is 6.92 Å². The van der Waals surface area contributed by atoms with E-state index in [-0.39, 0.29) is 22.9 Å². The van der Waals surface area contributed by atoms with Crippen molar-refractivity contribution in [1.82, 2.24) is 20.6 Å². The molecule has 12 heteroatoms. The third-order valence-electron chi connectivity index (χ3n) is 7.42. The number of nitrogens with zero attached hydrogens (tertiary/aromatic N) is 1. The molecule has 43 heavy (non-hydrogen) atoms. The molecule has 3 aromatic rings. The number of carbonyl (C=O) groups is 2. The van der Waals surface area contributed by atoms with Gasteiger partial charge in [0.25, 0.3) is 0 Å². The van der Waals surface area contributed by atoms with Crippen molar-refractivity contribution in [2.45, 2.75) is 44.7 Å². The van der Waals surface area contributed by atoms with E-state index in [1.54, 1.807) is 57.7 Å². The van der Waals surface area contributed by atoms with Crippen LogP contribution in [-0.2, 0) is 22.4 Å². The molecule has 4 N–H and O–H groups in total. The third kappa shape index (κ3) is 7.42. The molecule has 0 saturated carbocycles. The second kappa shape index (κ2) is 14.8. The molecular weight excluding hydrogens is 570 g/mol. The molecule has 1 heterocycles. The Kier molecular flexibility index (Phi) is 10.9. The minimum absolute atomic E-state index is 0.194. The van der Waals surface area contributed by atoms with Gasteiger partial charge in [0.05, 0.1) is 39.4 Å². The number of aromatic nitrogens is 2. The highest BCUT2D eigenvalue weighted by molar-refractivity contribution is 7.98. The Morgan fingerprint density at radius 3 is 2.58 bits per heavy atom. The summed E-state index contributed by atoms with van der Waals surface area (Å²) in [5.74, 6) is 1.77. The molecule has 1 aliphatic rings. The van der Waals surface area contributed by atoms with Gasteiger partial charge in [-0.25, -0.2) is 4.98 Å². The van der Waals surface area contributed by atoms with Crippen LogP contribution in [0.15, 0.2) is 41.6 Å². The lowest BCUT2D eigenvalue weighted by atomic mass is 9.95. The Morgan fingerprint density at radius 1 is 1.14 bits per heavy atom. The summed E-state index contributed by atoms with van der Waals surface area (Å²) in [5.41, 5.74) is 3.99. The molecule has 2 atom stereocenters. The van der Waals surface area contributed by atoms with Crippen LogP contribution in [0.2, 0.25) is 0 Å². The number of rotatable bonds is 13. The van der Waals surface area contributed by atoms with Gasteiger partial charge in [-0.05, 0) is 66.2 Å². The summed E-state index contributed by atoms with van der Waals surface area (Å²) in [7, 11) is 4.67. The minimum atomic E-state index is -0.624. The van der Waals surface area contributed by atoms with Gasteiger partial charge in [-0.3, -0.25) is 14.4 Å². The zero-order valence-electron chi connectivity index (χ0n) is 25.2. The minimum Gasteiger partial charge on any atom is -0.493 e. The fraction of sp³-hybridized carbons (Fsp3) is 0.419. The summed E-state index contributed by atoms with van der Waals surface area (Å²) in [6.45, 7) is 1.89. The highest BCUT2D eigenvalue weighted by atomic mass is 32.2. The van der Waals surface area contributed by atoms with E-state index in [1.807, 2.05) is 18.4 Å². The summed E-state index contributed by atoms with van der Waals surface area (Å²) in [4.78, 5) is 46.2. The number of imidazole rings is 1. The van der Waals surface area contributed by atoms with Crippen LogP contribution in [0.1, 0.15) is 42.6 Å². The van der Waals surface area contributed by atoms with Crippen LogP contribution in [0.4, 0.5) is 5.69 Å². The van der Waals surface area contributed by atoms with Gasteiger partial charge >= 0.3 is 0 Å². The summed E-state index contributed by atoms with van der Waals surface area (Å²) < 4.78 is 17.1. The predicted octanol–water partition coefficient (Wildman–Crippen LogP) is 3.48. The number of nitrogens with one attached hydrogen (secondary N) is 4. The number of amides is 2. The SMILES string of the molecule is COc1cc2c(c(OC)c1OC)-c1ccc(NC(CCSC)C(=O)NCCc3cnc[nH]3)c(=O)cc1C(NC(C)=O)CC2. The van der Waals surface area contributed by atoms with Crippen LogP contribution in [0, 0.1) is 0 Å². The van der Waals surface area contributed by atoms with Crippen LogP contribution < -0.4 is 35.6 Å². The van der Waals surface area contributed by atoms with Gasteiger partial charge in [0.15, 0.2) is 11.5 Å². The molecule has 230 valence electrons. The molecule has 2 aromatic carbocycles. The number of benzene rings is 1. The first-order valence-electron chi connectivity index (χ1n) is 14.1. The summed E-state index contributed by atoms with van der Waals surface area (Å²) in [5, 5.41) is 9.20. The quantitative estimate of drug-likeness (QED) is 0.229. The Bertz CT molecular complexity index is 1500. The second-order valence-corrected chi connectivity index (χ2v) is 11.2. The Balaban J connectivity index is 1.76. The van der Waals surface area contributed by atoms with Crippen molar-refractivity contribution in [2.24, 2.45) is 0 Å². The molecule has 0 radical (unpaired) electrons. The van der Waals surface area contributed by atoms with Crippen molar-refractivity contribution in [3.8, 4) is 28.4 Å². The average molecular weight is 610 g/mol. The van der Waals surface area contributed by atoms with E-state index >= 15 is 0 Å². The van der Waals surface area contributed by atoms with Crippen LogP contribution in [0.3, 0.4) is 0 Å². The lowest BCUT2D eigenvalue weighted by Gasteiger charge is -2.19.